The summed E-state index contributed by atoms with van der Waals surface area (Å²) in [5.41, 5.74) is 8.42. The van der Waals surface area contributed by atoms with Gasteiger partial charge in [-0.25, -0.2) is 0 Å². The lowest BCUT2D eigenvalue weighted by Gasteiger charge is -2.21. The first kappa shape index (κ1) is 27.5. The molecule has 0 atom stereocenters. The fourth-order valence-electron chi connectivity index (χ4n) is 4.73. The highest BCUT2D eigenvalue weighted by Crippen LogP contribution is 2.35. The Kier molecular flexibility index (Phi) is 7.68. The van der Waals surface area contributed by atoms with Crippen LogP contribution in [0.4, 0.5) is 22.7 Å². The Balaban J connectivity index is 1.25. The number of anilines is 4. The highest BCUT2D eigenvalue weighted by Gasteiger charge is 2.30. The van der Waals surface area contributed by atoms with E-state index in [0.717, 1.165) is 0 Å². The lowest BCUT2D eigenvalue weighted by Crippen LogP contribution is -2.32. The third kappa shape index (κ3) is 6.15. The summed E-state index contributed by atoms with van der Waals surface area (Å²) < 4.78 is 22.4. The Bertz CT molecular complexity index is 1620. The third-order valence-corrected chi connectivity index (χ3v) is 6.86. The number of carbonyl (C=O) groups is 3. The summed E-state index contributed by atoms with van der Waals surface area (Å²) >= 11 is 0. The zero-order valence-electron chi connectivity index (χ0n) is 22.9. The largest absolute Gasteiger partial charge is 0.486 e. The third-order valence-electron chi connectivity index (χ3n) is 6.86. The summed E-state index contributed by atoms with van der Waals surface area (Å²) in [7, 11) is 0. The van der Waals surface area contributed by atoms with Gasteiger partial charge in [-0.2, -0.15) is 0 Å². The molecule has 4 aromatic carbocycles. The highest BCUT2D eigenvalue weighted by atomic mass is 16.6. The van der Waals surface area contributed by atoms with Crippen molar-refractivity contribution in [2.45, 2.75) is 5.92 Å². The van der Waals surface area contributed by atoms with Crippen LogP contribution in [-0.2, 0) is 9.59 Å². The minimum absolute atomic E-state index is 0.324. The van der Waals surface area contributed by atoms with Crippen molar-refractivity contribution in [3.63, 3.8) is 0 Å². The lowest BCUT2D eigenvalue weighted by molar-refractivity contribution is -0.125. The Morgan fingerprint density at radius 3 is 1.65 bits per heavy atom. The van der Waals surface area contributed by atoms with Gasteiger partial charge in [-0.3, -0.25) is 14.4 Å². The van der Waals surface area contributed by atoms with Crippen molar-refractivity contribution in [3.05, 3.63) is 96.1 Å². The van der Waals surface area contributed by atoms with Gasteiger partial charge < -0.3 is 40.6 Å². The summed E-state index contributed by atoms with van der Waals surface area (Å²) in [6.45, 7) is 1.66. The van der Waals surface area contributed by atoms with Gasteiger partial charge >= 0.3 is 0 Å². The summed E-state index contributed by atoms with van der Waals surface area (Å²) in [4.78, 5) is 40.2. The molecule has 0 saturated heterocycles. The number of para-hydroxylation sites is 2. The first-order valence-corrected chi connectivity index (χ1v) is 13.6. The topological polar surface area (TPSA) is 150 Å². The van der Waals surface area contributed by atoms with E-state index in [-0.39, 0.29) is 5.91 Å². The van der Waals surface area contributed by atoms with E-state index in [9.17, 15) is 14.4 Å². The van der Waals surface area contributed by atoms with Crippen molar-refractivity contribution in [2.24, 2.45) is 0 Å². The number of nitrogens with two attached hydrogens (primary N) is 1. The first-order valence-electron chi connectivity index (χ1n) is 13.6. The van der Waals surface area contributed by atoms with Crippen LogP contribution in [-0.4, -0.2) is 44.1 Å². The predicted octanol–water partition coefficient (Wildman–Crippen LogP) is 4.42. The monoisotopic (exact) mass is 580 g/mol. The molecule has 0 aromatic heterocycles. The Morgan fingerprint density at radius 2 is 1.12 bits per heavy atom. The van der Waals surface area contributed by atoms with Crippen molar-refractivity contribution in [1.29, 1.82) is 0 Å². The molecule has 2 aliphatic heterocycles. The molecule has 4 aromatic rings. The van der Waals surface area contributed by atoms with E-state index in [1.807, 2.05) is 0 Å². The van der Waals surface area contributed by atoms with E-state index < -0.39 is 17.7 Å². The Labute approximate surface area is 246 Å². The van der Waals surface area contributed by atoms with E-state index in [1.165, 1.54) is 0 Å². The SMILES string of the molecule is Nc1ccccc1NC(=O)c1ccc(C(C(=O)Nc2ccc3c(c2)OCCO3)C(=O)Nc2ccc3c(c2)OCCO3)cc1. The van der Waals surface area contributed by atoms with Crippen molar-refractivity contribution < 1.29 is 33.3 Å². The number of rotatable bonds is 7. The van der Waals surface area contributed by atoms with Crippen LogP contribution in [0.25, 0.3) is 0 Å². The van der Waals surface area contributed by atoms with Gasteiger partial charge in [0.2, 0.25) is 11.8 Å². The maximum atomic E-state index is 13.7. The zero-order valence-corrected chi connectivity index (χ0v) is 22.9. The number of carbonyl (C=O) groups excluding carboxylic acids is 3. The average Bonchev–Trinajstić information content (AvgIpc) is 3.02. The molecule has 3 amide bonds. The molecular formula is C32H28N4O7. The standard InChI is InChI=1S/C32H28N4O7/c33-23-3-1-2-4-24(23)36-30(37)20-7-5-19(6-8-20)29(31(38)34-21-9-11-25-27(17-21)42-15-13-40-25)32(39)35-22-10-12-26-28(18-22)43-16-14-41-26/h1-12,17-18,29H,13-16,33H2,(H,34,38)(H,35,39)(H,36,37). The minimum atomic E-state index is -1.27. The average molecular weight is 581 g/mol. The number of nitrogens with one attached hydrogen (secondary N) is 3. The van der Waals surface area contributed by atoms with Crippen LogP contribution in [0.3, 0.4) is 0 Å². The molecule has 0 unspecified atom stereocenters. The van der Waals surface area contributed by atoms with Crippen LogP contribution in [0, 0.1) is 0 Å². The van der Waals surface area contributed by atoms with Crippen LogP contribution in [0.5, 0.6) is 23.0 Å². The molecule has 11 heteroatoms. The molecule has 0 fully saturated rings. The van der Waals surface area contributed by atoms with Crippen LogP contribution in [0.2, 0.25) is 0 Å². The second kappa shape index (κ2) is 12.0. The Hall–Kier alpha value is -5.71. The van der Waals surface area contributed by atoms with E-state index in [2.05, 4.69) is 16.0 Å². The number of hydrogen-bond donors (Lipinski definition) is 4. The van der Waals surface area contributed by atoms with Gasteiger partial charge in [-0.15, -0.1) is 0 Å². The minimum Gasteiger partial charge on any atom is -0.486 e. The molecule has 218 valence electrons. The van der Waals surface area contributed by atoms with E-state index in [1.54, 1.807) is 84.9 Å². The van der Waals surface area contributed by atoms with Gasteiger partial charge in [0.15, 0.2) is 23.0 Å². The van der Waals surface area contributed by atoms with Crippen LogP contribution in [0.15, 0.2) is 84.9 Å². The van der Waals surface area contributed by atoms with Gasteiger partial charge in [0.05, 0.1) is 11.4 Å². The molecule has 2 heterocycles. The molecule has 0 bridgehead atoms. The lowest BCUT2D eigenvalue weighted by atomic mass is 9.95. The van der Waals surface area contributed by atoms with Crippen LogP contribution in [0.1, 0.15) is 21.8 Å². The van der Waals surface area contributed by atoms with Crippen molar-refractivity contribution in [3.8, 4) is 23.0 Å². The summed E-state index contributed by atoms with van der Waals surface area (Å²) in [6.07, 6.45) is 0. The second-order valence-corrected chi connectivity index (χ2v) is 9.79. The van der Waals surface area contributed by atoms with Crippen molar-refractivity contribution in [1.82, 2.24) is 0 Å². The summed E-state index contributed by atoms with van der Waals surface area (Å²) in [5.74, 6) is -0.689. The number of nitrogen functional groups attached to an aromatic ring is 1. The fourth-order valence-corrected chi connectivity index (χ4v) is 4.73. The van der Waals surface area contributed by atoms with E-state index in [0.29, 0.717) is 83.3 Å². The Morgan fingerprint density at radius 1 is 0.605 bits per heavy atom. The number of ether oxygens (including phenoxy) is 4. The first-order chi connectivity index (χ1) is 20.9. The summed E-state index contributed by atoms with van der Waals surface area (Å²) in [6, 6.07) is 23.2. The zero-order chi connectivity index (χ0) is 29.8. The number of fused-ring (bicyclic) bond motifs is 2. The maximum absolute atomic E-state index is 13.7. The van der Waals surface area contributed by atoms with E-state index >= 15 is 0 Å². The molecule has 5 N–H and O–H groups in total. The molecule has 6 rings (SSSR count). The molecule has 0 spiro atoms. The van der Waals surface area contributed by atoms with Gasteiger partial charge in [-0.05, 0) is 54.1 Å². The van der Waals surface area contributed by atoms with Crippen LogP contribution < -0.4 is 40.6 Å². The summed E-state index contributed by atoms with van der Waals surface area (Å²) in [5, 5.41) is 8.39. The smallest absolute Gasteiger partial charge is 0.255 e. The van der Waals surface area contributed by atoms with Crippen LogP contribution >= 0.6 is 0 Å². The molecule has 2 aliphatic rings. The van der Waals surface area contributed by atoms with Crippen molar-refractivity contribution >= 4 is 40.5 Å². The molecule has 0 saturated carbocycles. The van der Waals surface area contributed by atoms with Gasteiger partial charge in [-0.1, -0.05) is 24.3 Å². The van der Waals surface area contributed by atoms with Crippen molar-refractivity contribution in [2.75, 3.05) is 48.1 Å². The van der Waals surface area contributed by atoms with Gasteiger partial charge in [0, 0.05) is 29.1 Å². The molecule has 43 heavy (non-hydrogen) atoms. The predicted molar refractivity (Wildman–Crippen MR) is 160 cm³/mol. The second-order valence-electron chi connectivity index (χ2n) is 9.79. The number of amides is 3. The maximum Gasteiger partial charge on any atom is 0.255 e. The normalized spacial score (nSPS) is 13.1. The molecule has 0 aliphatic carbocycles. The fraction of sp³-hybridized carbons (Fsp3) is 0.156. The number of hydrogen-bond acceptors (Lipinski definition) is 8. The van der Waals surface area contributed by atoms with Gasteiger partial charge in [0.1, 0.15) is 32.3 Å². The number of benzene rings is 4. The molecule has 0 radical (unpaired) electrons. The quantitative estimate of drug-likeness (QED) is 0.185. The van der Waals surface area contributed by atoms with E-state index in [4.69, 9.17) is 24.7 Å². The molecule has 11 nitrogen and oxygen atoms in total. The highest BCUT2D eigenvalue weighted by molar-refractivity contribution is 6.15. The molecular weight excluding hydrogens is 552 g/mol. The van der Waals surface area contributed by atoms with Gasteiger partial charge in [0.25, 0.3) is 5.91 Å².